The van der Waals surface area contributed by atoms with E-state index in [0.717, 1.165) is 47.2 Å². The van der Waals surface area contributed by atoms with Crippen LogP contribution in [0.5, 0.6) is 0 Å². The van der Waals surface area contributed by atoms with E-state index in [2.05, 4.69) is 11.8 Å². The van der Waals surface area contributed by atoms with Crippen LogP contribution in [0.3, 0.4) is 0 Å². The molecule has 0 aliphatic carbocycles. The van der Waals surface area contributed by atoms with Gasteiger partial charge in [-0.3, -0.25) is 14.7 Å². The average molecular weight is 418 g/mol. The van der Waals surface area contributed by atoms with Crippen molar-refractivity contribution in [3.05, 3.63) is 77.0 Å². The Labute approximate surface area is 182 Å². The quantitative estimate of drug-likeness (QED) is 0.575. The molecule has 6 heteroatoms. The first-order valence-corrected chi connectivity index (χ1v) is 10.6. The zero-order valence-electron chi connectivity index (χ0n) is 18.0. The molecule has 3 aromatic rings. The second-order valence-electron chi connectivity index (χ2n) is 7.86. The molecule has 1 aliphatic rings. The lowest BCUT2D eigenvalue weighted by molar-refractivity contribution is -0.133. The molecule has 31 heavy (non-hydrogen) atoms. The molecule has 1 aromatic heterocycles. The fraction of sp³-hybridized carbons (Fsp3) is 0.320. The summed E-state index contributed by atoms with van der Waals surface area (Å²) in [7, 11) is 1.71. The molecule has 6 nitrogen and oxygen atoms in total. The topological polar surface area (TPSA) is 62.7 Å². The standard InChI is InChI=1S/C25H27N3O3/c1-3-28-14-13-22-20(16-28)24(19-11-7-8-12-21(19)26-22)25(30)31-17-23(29)27(2)15-18-9-5-4-6-10-18/h4-12H,3,13-17H2,1-2H3. The van der Waals surface area contributed by atoms with Crippen LogP contribution >= 0.6 is 0 Å². The third-order valence-electron chi connectivity index (χ3n) is 5.79. The number of amides is 1. The van der Waals surface area contributed by atoms with Crippen LogP contribution in [0.4, 0.5) is 0 Å². The molecular weight excluding hydrogens is 390 g/mol. The summed E-state index contributed by atoms with van der Waals surface area (Å²) in [4.78, 5) is 34.4. The number of fused-ring (bicyclic) bond motifs is 2. The van der Waals surface area contributed by atoms with Gasteiger partial charge < -0.3 is 9.64 Å². The second kappa shape index (κ2) is 9.27. The highest BCUT2D eigenvalue weighted by Gasteiger charge is 2.26. The Balaban J connectivity index is 1.54. The van der Waals surface area contributed by atoms with Gasteiger partial charge in [-0.25, -0.2) is 4.79 Å². The molecule has 4 rings (SSSR count). The Kier molecular flexibility index (Phi) is 6.28. The SMILES string of the molecule is CCN1CCc2nc3ccccc3c(C(=O)OCC(=O)N(C)Cc3ccccc3)c2C1. The molecule has 0 fully saturated rings. The molecule has 0 N–H and O–H groups in total. The summed E-state index contributed by atoms with van der Waals surface area (Å²) in [6, 6.07) is 17.4. The van der Waals surface area contributed by atoms with Gasteiger partial charge in [0.25, 0.3) is 5.91 Å². The Bertz CT molecular complexity index is 1100. The maximum absolute atomic E-state index is 13.2. The van der Waals surface area contributed by atoms with Crippen molar-refractivity contribution in [3.63, 3.8) is 0 Å². The summed E-state index contributed by atoms with van der Waals surface area (Å²) in [5.74, 6) is -0.700. The first-order chi connectivity index (χ1) is 15.1. The lowest BCUT2D eigenvalue weighted by Crippen LogP contribution is -2.33. The maximum atomic E-state index is 13.2. The number of hydrogen-bond donors (Lipinski definition) is 0. The minimum absolute atomic E-state index is 0.236. The number of carbonyl (C=O) groups is 2. The van der Waals surface area contributed by atoms with Gasteiger partial charge in [0.15, 0.2) is 6.61 Å². The smallest absolute Gasteiger partial charge is 0.339 e. The van der Waals surface area contributed by atoms with Gasteiger partial charge in [0, 0.05) is 49.7 Å². The third-order valence-corrected chi connectivity index (χ3v) is 5.79. The van der Waals surface area contributed by atoms with Gasteiger partial charge in [0.05, 0.1) is 11.1 Å². The number of para-hydroxylation sites is 1. The fourth-order valence-electron chi connectivity index (χ4n) is 4.00. The minimum atomic E-state index is -0.464. The van der Waals surface area contributed by atoms with Crippen molar-refractivity contribution in [1.29, 1.82) is 0 Å². The molecule has 2 heterocycles. The molecule has 1 aliphatic heterocycles. The molecule has 0 spiro atoms. The van der Waals surface area contributed by atoms with E-state index in [1.54, 1.807) is 11.9 Å². The van der Waals surface area contributed by atoms with Gasteiger partial charge >= 0.3 is 5.97 Å². The van der Waals surface area contributed by atoms with Gasteiger partial charge in [-0.15, -0.1) is 0 Å². The van der Waals surface area contributed by atoms with Crippen LogP contribution in [-0.4, -0.2) is 53.4 Å². The number of pyridine rings is 1. The molecule has 0 radical (unpaired) electrons. The number of esters is 1. The number of carbonyl (C=O) groups excluding carboxylic acids is 2. The highest BCUT2D eigenvalue weighted by atomic mass is 16.5. The number of benzene rings is 2. The van der Waals surface area contributed by atoms with Gasteiger partial charge in [0.1, 0.15) is 0 Å². The van der Waals surface area contributed by atoms with Crippen molar-refractivity contribution >= 4 is 22.8 Å². The van der Waals surface area contributed by atoms with E-state index < -0.39 is 5.97 Å². The van der Waals surface area contributed by atoms with Crippen LogP contribution in [0, 0.1) is 0 Å². The highest BCUT2D eigenvalue weighted by Crippen LogP contribution is 2.28. The van der Waals surface area contributed by atoms with E-state index in [0.29, 0.717) is 18.7 Å². The van der Waals surface area contributed by atoms with Crippen LogP contribution in [-0.2, 0) is 29.0 Å². The Morgan fingerprint density at radius 3 is 2.61 bits per heavy atom. The monoisotopic (exact) mass is 417 g/mol. The van der Waals surface area contributed by atoms with Crippen LogP contribution in [0.2, 0.25) is 0 Å². The Hall–Kier alpha value is -3.25. The minimum Gasteiger partial charge on any atom is -0.452 e. The van der Waals surface area contributed by atoms with E-state index in [1.165, 1.54) is 0 Å². The molecule has 0 bridgehead atoms. The van der Waals surface area contributed by atoms with Crippen molar-refractivity contribution < 1.29 is 14.3 Å². The summed E-state index contributed by atoms with van der Waals surface area (Å²) >= 11 is 0. The summed E-state index contributed by atoms with van der Waals surface area (Å²) in [6.07, 6.45) is 0.799. The molecule has 0 saturated carbocycles. The van der Waals surface area contributed by atoms with Crippen molar-refractivity contribution in [2.45, 2.75) is 26.4 Å². The predicted octanol–water partition coefficient (Wildman–Crippen LogP) is 3.43. The molecular formula is C25H27N3O3. The van der Waals surface area contributed by atoms with Gasteiger partial charge in [-0.1, -0.05) is 55.5 Å². The maximum Gasteiger partial charge on any atom is 0.339 e. The summed E-state index contributed by atoms with van der Waals surface area (Å²) in [6.45, 7) is 4.78. The van der Waals surface area contributed by atoms with Crippen molar-refractivity contribution in [3.8, 4) is 0 Å². The lowest BCUT2D eigenvalue weighted by atomic mass is 9.96. The van der Waals surface area contributed by atoms with Crippen molar-refractivity contribution in [2.24, 2.45) is 0 Å². The summed E-state index contributed by atoms with van der Waals surface area (Å²) in [5.41, 5.74) is 4.21. The van der Waals surface area contributed by atoms with Crippen LogP contribution < -0.4 is 0 Å². The molecule has 1 amide bonds. The van der Waals surface area contributed by atoms with E-state index in [4.69, 9.17) is 9.72 Å². The number of hydrogen-bond acceptors (Lipinski definition) is 5. The van der Waals surface area contributed by atoms with Gasteiger partial charge in [-0.2, -0.15) is 0 Å². The van der Waals surface area contributed by atoms with E-state index in [-0.39, 0.29) is 12.5 Å². The van der Waals surface area contributed by atoms with Crippen LogP contribution in [0.15, 0.2) is 54.6 Å². The van der Waals surface area contributed by atoms with E-state index in [9.17, 15) is 9.59 Å². The molecule has 0 unspecified atom stereocenters. The van der Waals surface area contributed by atoms with Crippen LogP contribution in [0.25, 0.3) is 10.9 Å². The zero-order valence-corrected chi connectivity index (χ0v) is 18.0. The van der Waals surface area contributed by atoms with Gasteiger partial charge in [0.2, 0.25) is 0 Å². The highest BCUT2D eigenvalue weighted by molar-refractivity contribution is 6.05. The second-order valence-corrected chi connectivity index (χ2v) is 7.86. The molecule has 0 atom stereocenters. The number of aromatic nitrogens is 1. The molecule has 160 valence electrons. The Morgan fingerprint density at radius 1 is 1.10 bits per heavy atom. The first-order valence-electron chi connectivity index (χ1n) is 10.6. The Morgan fingerprint density at radius 2 is 1.84 bits per heavy atom. The van der Waals surface area contributed by atoms with Crippen LogP contribution in [0.1, 0.15) is 34.1 Å². The number of nitrogens with zero attached hydrogens (tertiary/aromatic N) is 3. The van der Waals surface area contributed by atoms with E-state index >= 15 is 0 Å². The van der Waals surface area contributed by atoms with Gasteiger partial charge in [-0.05, 0) is 18.2 Å². The van der Waals surface area contributed by atoms with Crippen molar-refractivity contribution in [2.75, 3.05) is 26.7 Å². The fourth-order valence-corrected chi connectivity index (χ4v) is 4.00. The summed E-state index contributed by atoms with van der Waals surface area (Å²) < 4.78 is 5.52. The first kappa shape index (κ1) is 21.0. The molecule has 2 aromatic carbocycles. The lowest BCUT2D eigenvalue weighted by Gasteiger charge is -2.29. The normalized spacial score (nSPS) is 13.6. The largest absolute Gasteiger partial charge is 0.452 e. The summed E-state index contributed by atoms with van der Waals surface area (Å²) in [5, 5.41) is 0.772. The van der Waals surface area contributed by atoms with Crippen molar-refractivity contribution in [1.82, 2.24) is 14.8 Å². The van der Waals surface area contributed by atoms with E-state index in [1.807, 2.05) is 54.6 Å². The predicted molar refractivity (Wildman–Crippen MR) is 120 cm³/mol. The number of likely N-dealkylation sites (N-methyl/N-ethyl adjacent to an activating group) is 2. The average Bonchev–Trinajstić information content (AvgIpc) is 2.81. The third kappa shape index (κ3) is 4.59. The zero-order chi connectivity index (χ0) is 21.8. The molecule has 0 saturated heterocycles. The number of ether oxygens (including phenoxy) is 1. The number of rotatable bonds is 6.